The lowest BCUT2D eigenvalue weighted by atomic mass is 9.85. The smallest absolute Gasteiger partial charge is 0.149 e. The van der Waals surface area contributed by atoms with Crippen LogP contribution in [0.4, 0.5) is 4.39 Å². The quantitative estimate of drug-likeness (QED) is 0.328. The Bertz CT molecular complexity index is 1280. The first-order chi connectivity index (χ1) is 14.9. The van der Waals surface area contributed by atoms with Gasteiger partial charge in [0.2, 0.25) is 0 Å². The van der Waals surface area contributed by atoms with Gasteiger partial charge in [0.15, 0.2) is 0 Å². The molecule has 1 atom stereocenters. The minimum absolute atomic E-state index is 0.0270. The van der Waals surface area contributed by atoms with Crippen molar-refractivity contribution in [2.75, 3.05) is 0 Å². The zero-order valence-corrected chi connectivity index (χ0v) is 18.8. The molecule has 0 aliphatic rings. The molecule has 2 aromatic carbocycles. The first kappa shape index (κ1) is 21.8. The van der Waals surface area contributed by atoms with Crippen LogP contribution in [0.25, 0.3) is 10.9 Å². The molecule has 1 unspecified atom stereocenters. The fraction of sp³-hybridized carbons (Fsp3) is 0.167. The van der Waals surface area contributed by atoms with Gasteiger partial charge in [-0.2, -0.15) is 0 Å². The number of pyridine rings is 2. The highest BCUT2D eigenvalue weighted by molar-refractivity contribution is 6.35. The highest BCUT2D eigenvalue weighted by Gasteiger charge is 2.25. The van der Waals surface area contributed by atoms with Gasteiger partial charge in [0.05, 0.1) is 10.7 Å². The van der Waals surface area contributed by atoms with Crippen LogP contribution in [-0.2, 0) is 12.8 Å². The summed E-state index contributed by atoms with van der Waals surface area (Å²) in [5.74, 6) is -0.897. The Labute approximate surface area is 194 Å². The molecule has 0 bridgehead atoms. The number of fused-ring (bicyclic) bond motifs is 1. The van der Waals surface area contributed by atoms with Gasteiger partial charge in [-0.3, -0.25) is 9.97 Å². The molecule has 0 spiro atoms. The lowest BCUT2D eigenvalue weighted by Crippen LogP contribution is -2.11. The molecule has 2 aromatic heterocycles. The van der Waals surface area contributed by atoms with Crippen molar-refractivity contribution in [2.24, 2.45) is 0 Å². The van der Waals surface area contributed by atoms with Gasteiger partial charge in [-0.25, -0.2) is 4.39 Å². The van der Waals surface area contributed by atoms with Crippen LogP contribution in [0.15, 0.2) is 54.9 Å². The molecule has 0 amide bonds. The molecule has 0 saturated carbocycles. The standard InChI is InChI=1S/C24H18Cl3FN2O/c1-2-15-20(27)12-30-21(22(15)28)11-18(16-8-6-14(25)10-19(16)26)17-7-5-13-4-3-9-29-23(13)24(17)31/h3-10,12,18,31H,2,11H2,1H3. The zero-order valence-electron chi connectivity index (χ0n) is 16.5. The molecule has 3 nitrogen and oxygen atoms in total. The number of rotatable bonds is 5. The summed E-state index contributed by atoms with van der Waals surface area (Å²) in [6.45, 7) is 1.84. The molecule has 7 heteroatoms. The van der Waals surface area contributed by atoms with Crippen LogP contribution >= 0.6 is 34.8 Å². The molecular weight excluding hydrogens is 458 g/mol. The molecule has 0 saturated heterocycles. The van der Waals surface area contributed by atoms with Crippen LogP contribution in [0.1, 0.15) is 35.2 Å². The van der Waals surface area contributed by atoms with Crippen LogP contribution < -0.4 is 0 Å². The molecular formula is C24H18Cl3FN2O. The highest BCUT2D eigenvalue weighted by atomic mass is 35.5. The first-order valence-electron chi connectivity index (χ1n) is 9.74. The monoisotopic (exact) mass is 474 g/mol. The molecule has 4 aromatic rings. The van der Waals surface area contributed by atoms with E-state index in [4.69, 9.17) is 34.8 Å². The minimum Gasteiger partial charge on any atom is -0.505 e. The average molecular weight is 476 g/mol. The van der Waals surface area contributed by atoms with Crippen LogP contribution in [-0.4, -0.2) is 15.1 Å². The third-order valence-corrected chi connectivity index (χ3v) is 6.27. The van der Waals surface area contributed by atoms with Crippen molar-refractivity contribution in [3.63, 3.8) is 0 Å². The number of aromatic hydroxyl groups is 1. The predicted molar refractivity (Wildman–Crippen MR) is 124 cm³/mol. The Hall–Kier alpha value is -2.40. The van der Waals surface area contributed by atoms with Crippen molar-refractivity contribution < 1.29 is 9.50 Å². The second-order valence-corrected chi connectivity index (χ2v) is 8.45. The zero-order chi connectivity index (χ0) is 22.1. The maximum absolute atomic E-state index is 15.2. The van der Waals surface area contributed by atoms with E-state index >= 15 is 4.39 Å². The molecule has 0 fully saturated rings. The summed E-state index contributed by atoms with van der Waals surface area (Å²) in [6.07, 6.45) is 3.69. The van der Waals surface area contributed by atoms with Crippen molar-refractivity contribution in [2.45, 2.75) is 25.7 Å². The van der Waals surface area contributed by atoms with E-state index in [1.54, 1.807) is 30.5 Å². The molecule has 2 heterocycles. The molecule has 0 radical (unpaired) electrons. The Morgan fingerprint density at radius 2 is 1.77 bits per heavy atom. The van der Waals surface area contributed by atoms with Gasteiger partial charge >= 0.3 is 0 Å². The van der Waals surface area contributed by atoms with E-state index < -0.39 is 11.7 Å². The second-order valence-electron chi connectivity index (χ2n) is 7.20. The van der Waals surface area contributed by atoms with Crippen molar-refractivity contribution in [3.05, 3.63) is 98.1 Å². The number of aromatic nitrogens is 2. The molecule has 158 valence electrons. The number of hydrogen-bond acceptors (Lipinski definition) is 3. The summed E-state index contributed by atoms with van der Waals surface area (Å²) in [5.41, 5.74) is 2.40. The van der Waals surface area contributed by atoms with Gasteiger partial charge in [0, 0.05) is 51.3 Å². The summed E-state index contributed by atoms with van der Waals surface area (Å²) in [5, 5.41) is 13.1. The molecule has 1 N–H and O–H groups in total. The topological polar surface area (TPSA) is 46.0 Å². The number of nitrogens with zero attached hydrogens (tertiary/aromatic N) is 2. The number of phenolic OH excluding ortho intramolecular Hbond substituents is 1. The lowest BCUT2D eigenvalue weighted by Gasteiger charge is -2.22. The normalized spacial score (nSPS) is 12.3. The SMILES string of the molecule is CCc1c(Cl)cnc(CC(c2ccc(Cl)cc2Cl)c2ccc3cccnc3c2O)c1F. The Morgan fingerprint density at radius 1 is 1.00 bits per heavy atom. The Balaban J connectivity index is 1.90. The van der Waals surface area contributed by atoms with Gasteiger partial charge in [-0.15, -0.1) is 0 Å². The first-order valence-corrected chi connectivity index (χ1v) is 10.9. The minimum atomic E-state index is -0.482. The summed E-state index contributed by atoms with van der Waals surface area (Å²) in [7, 11) is 0. The number of benzene rings is 2. The van der Waals surface area contributed by atoms with E-state index in [2.05, 4.69) is 9.97 Å². The Kier molecular flexibility index (Phi) is 6.33. The number of phenols is 1. The van der Waals surface area contributed by atoms with E-state index in [-0.39, 0.29) is 17.9 Å². The summed E-state index contributed by atoms with van der Waals surface area (Å²) < 4.78 is 15.2. The third-order valence-electron chi connectivity index (χ3n) is 5.38. The second kappa shape index (κ2) is 8.99. The maximum atomic E-state index is 15.2. The van der Waals surface area contributed by atoms with Crippen LogP contribution in [0, 0.1) is 5.82 Å². The molecule has 4 rings (SSSR count). The number of hydrogen-bond donors (Lipinski definition) is 1. The fourth-order valence-electron chi connectivity index (χ4n) is 3.81. The van der Waals surface area contributed by atoms with Gasteiger partial charge in [0.1, 0.15) is 17.1 Å². The summed E-state index contributed by atoms with van der Waals surface area (Å²) >= 11 is 18.7. The average Bonchev–Trinajstić information content (AvgIpc) is 2.75. The highest BCUT2D eigenvalue weighted by Crippen LogP contribution is 2.41. The van der Waals surface area contributed by atoms with E-state index in [1.165, 1.54) is 6.20 Å². The van der Waals surface area contributed by atoms with Crippen LogP contribution in [0.3, 0.4) is 0 Å². The van der Waals surface area contributed by atoms with Crippen molar-refractivity contribution in [3.8, 4) is 5.75 Å². The van der Waals surface area contributed by atoms with E-state index in [9.17, 15) is 5.11 Å². The largest absolute Gasteiger partial charge is 0.505 e. The fourth-order valence-corrected chi connectivity index (χ4v) is 4.61. The molecule has 0 aliphatic carbocycles. The van der Waals surface area contributed by atoms with Gasteiger partial charge in [-0.1, -0.05) is 66.0 Å². The van der Waals surface area contributed by atoms with E-state index in [0.29, 0.717) is 43.7 Å². The van der Waals surface area contributed by atoms with Crippen LogP contribution in [0.2, 0.25) is 15.1 Å². The van der Waals surface area contributed by atoms with E-state index in [0.717, 1.165) is 5.39 Å². The molecule has 0 aliphatic heterocycles. The lowest BCUT2D eigenvalue weighted by molar-refractivity contribution is 0.468. The van der Waals surface area contributed by atoms with Crippen molar-refractivity contribution >= 4 is 45.7 Å². The third kappa shape index (κ3) is 4.20. The maximum Gasteiger partial charge on any atom is 0.149 e. The molecule has 31 heavy (non-hydrogen) atoms. The van der Waals surface area contributed by atoms with Crippen molar-refractivity contribution in [1.82, 2.24) is 9.97 Å². The predicted octanol–water partition coefficient (Wildman–Crippen LogP) is 7.37. The summed E-state index contributed by atoms with van der Waals surface area (Å²) in [4.78, 5) is 8.55. The van der Waals surface area contributed by atoms with Gasteiger partial charge < -0.3 is 5.11 Å². The van der Waals surface area contributed by atoms with Gasteiger partial charge in [0.25, 0.3) is 0 Å². The van der Waals surface area contributed by atoms with Gasteiger partial charge in [-0.05, 0) is 30.2 Å². The number of halogens is 4. The van der Waals surface area contributed by atoms with Crippen LogP contribution in [0.5, 0.6) is 5.75 Å². The van der Waals surface area contributed by atoms with E-state index in [1.807, 2.05) is 25.1 Å². The Morgan fingerprint density at radius 3 is 2.52 bits per heavy atom. The van der Waals surface area contributed by atoms with Crippen molar-refractivity contribution in [1.29, 1.82) is 0 Å². The summed E-state index contributed by atoms with van der Waals surface area (Å²) in [6, 6.07) is 12.5.